The second kappa shape index (κ2) is 5.75. The molecule has 2 rings (SSSR count). The summed E-state index contributed by atoms with van der Waals surface area (Å²) in [7, 11) is -3.62. The molecule has 1 aromatic carbocycles. The first kappa shape index (κ1) is 15.9. The number of aryl methyl sites for hydroxylation is 3. The number of aromatic nitrogens is 1. The highest BCUT2D eigenvalue weighted by atomic mass is 32.2. The Hall–Kier alpha value is -1.44. The second-order valence-electron chi connectivity index (χ2n) is 5.15. The van der Waals surface area contributed by atoms with Crippen LogP contribution in [0, 0.1) is 20.8 Å². The lowest BCUT2D eigenvalue weighted by atomic mass is 10.1. The molecule has 0 fully saturated rings. The highest BCUT2D eigenvalue weighted by Crippen LogP contribution is 2.25. The quantitative estimate of drug-likeness (QED) is 0.846. The molecule has 0 bridgehead atoms. The first-order valence-electron chi connectivity index (χ1n) is 6.52. The van der Waals surface area contributed by atoms with E-state index in [1.165, 1.54) is 11.3 Å². The van der Waals surface area contributed by atoms with Crippen molar-refractivity contribution < 1.29 is 8.42 Å². The molecule has 1 unspecified atom stereocenters. The van der Waals surface area contributed by atoms with Crippen LogP contribution in [0.3, 0.4) is 0 Å². The van der Waals surface area contributed by atoms with E-state index in [2.05, 4.69) is 9.71 Å². The Morgan fingerprint density at radius 2 is 1.81 bits per heavy atom. The van der Waals surface area contributed by atoms with Gasteiger partial charge >= 0.3 is 0 Å². The molecule has 3 N–H and O–H groups in total. The van der Waals surface area contributed by atoms with Gasteiger partial charge in [0.2, 0.25) is 10.0 Å². The van der Waals surface area contributed by atoms with Crippen LogP contribution < -0.4 is 10.5 Å². The van der Waals surface area contributed by atoms with Crippen molar-refractivity contribution >= 4 is 27.0 Å². The van der Waals surface area contributed by atoms with E-state index in [-0.39, 0.29) is 10.9 Å². The van der Waals surface area contributed by atoms with Crippen LogP contribution >= 0.6 is 11.3 Å². The van der Waals surface area contributed by atoms with E-state index in [1.807, 2.05) is 12.3 Å². The Morgan fingerprint density at radius 1 is 1.24 bits per heavy atom. The van der Waals surface area contributed by atoms with Gasteiger partial charge in [0.25, 0.3) is 0 Å². The molecule has 0 amide bonds. The fourth-order valence-corrected chi connectivity index (χ4v) is 4.86. The number of anilines is 1. The van der Waals surface area contributed by atoms with Crippen molar-refractivity contribution in [3.8, 4) is 0 Å². The maximum absolute atomic E-state index is 12.6. The van der Waals surface area contributed by atoms with Gasteiger partial charge in [-0.25, -0.2) is 18.1 Å². The van der Waals surface area contributed by atoms with Crippen LogP contribution in [0.2, 0.25) is 0 Å². The summed E-state index contributed by atoms with van der Waals surface area (Å²) < 4.78 is 27.9. The van der Waals surface area contributed by atoms with Gasteiger partial charge < -0.3 is 5.73 Å². The van der Waals surface area contributed by atoms with Crippen LogP contribution in [0.1, 0.15) is 34.8 Å². The van der Waals surface area contributed by atoms with E-state index in [0.717, 1.165) is 10.7 Å². The van der Waals surface area contributed by atoms with Gasteiger partial charge in [0.15, 0.2) is 0 Å². The zero-order chi connectivity index (χ0) is 15.8. The molecule has 1 aromatic heterocycles. The first-order valence-corrected chi connectivity index (χ1v) is 8.88. The van der Waals surface area contributed by atoms with Crippen molar-refractivity contribution in [2.75, 3.05) is 5.73 Å². The van der Waals surface area contributed by atoms with E-state index in [9.17, 15) is 8.42 Å². The number of sulfonamides is 1. The van der Waals surface area contributed by atoms with Gasteiger partial charge in [-0.3, -0.25) is 0 Å². The molecular formula is C14H19N3O2S2. The van der Waals surface area contributed by atoms with Crippen LogP contribution in [-0.4, -0.2) is 13.4 Å². The zero-order valence-corrected chi connectivity index (χ0v) is 14.1. The molecule has 7 heteroatoms. The third kappa shape index (κ3) is 3.42. The topological polar surface area (TPSA) is 85.1 Å². The maximum Gasteiger partial charge on any atom is 0.241 e. The highest BCUT2D eigenvalue weighted by Gasteiger charge is 2.23. The normalized spacial score (nSPS) is 13.3. The molecule has 1 atom stereocenters. The lowest BCUT2D eigenvalue weighted by Crippen LogP contribution is -2.28. The molecule has 0 radical (unpaired) electrons. The summed E-state index contributed by atoms with van der Waals surface area (Å²) in [6, 6.07) is 2.96. The largest absolute Gasteiger partial charge is 0.399 e. The van der Waals surface area contributed by atoms with Crippen molar-refractivity contribution in [1.29, 1.82) is 0 Å². The predicted octanol–water partition coefficient (Wildman–Crippen LogP) is 2.69. The highest BCUT2D eigenvalue weighted by molar-refractivity contribution is 7.89. The minimum absolute atomic E-state index is 0.289. The number of nitrogen functional groups attached to an aromatic ring is 1. The number of hydrogen-bond donors (Lipinski definition) is 2. The minimum Gasteiger partial charge on any atom is -0.399 e. The molecule has 0 aliphatic carbocycles. The average Bonchev–Trinajstić information content (AvgIpc) is 2.73. The van der Waals surface area contributed by atoms with Gasteiger partial charge in [0.05, 0.1) is 10.9 Å². The van der Waals surface area contributed by atoms with Crippen molar-refractivity contribution in [2.45, 2.75) is 38.6 Å². The number of nitrogens with one attached hydrogen (secondary N) is 1. The minimum atomic E-state index is -3.62. The molecule has 0 aliphatic heterocycles. The molecule has 0 aliphatic rings. The monoisotopic (exact) mass is 325 g/mol. The van der Waals surface area contributed by atoms with Crippen LogP contribution in [0.15, 0.2) is 22.4 Å². The average molecular weight is 325 g/mol. The van der Waals surface area contributed by atoms with Crippen molar-refractivity contribution in [3.05, 3.63) is 39.3 Å². The molecule has 114 valence electrons. The third-order valence-electron chi connectivity index (χ3n) is 3.09. The smallest absolute Gasteiger partial charge is 0.241 e. The molecule has 0 saturated heterocycles. The molecule has 0 saturated carbocycles. The van der Waals surface area contributed by atoms with Gasteiger partial charge in [-0.05, 0) is 51.0 Å². The van der Waals surface area contributed by atoms with Gasteiger partial charge in [0.1, 0.15) is 5.01 Å². The SMILES string of the molecule is Cc1csc(C(C)NS(=O)(=O)c2c(C)cc(N)cc2C)n1. The first-order chi connectivity index (χ1) is 9.70. The van der Waals surface area contributed by atoms with E-state index < -0.39 is 10.0 Å². The Labute approximate surface area is 129 Å². The molecule has 5 nitrogen and oxygen atoms in total. The second-order valence-corrected chi connectivity index (χ2v) is 7.69. The van der Waals surface area contributed by atoms with E-state index in [0.29, 0.717) is 16.8 Å². The molecule has 21 heavy (non-hydrogen) atoms. The predicted molar refractivity (Wildman–Crippen MR) is 85.9 cm³/mol. The molecular weight excluding hydrogens is 306 g/mol. The summed E-state index contributed by atoms with van der Waals surface area (Å²) in [6.07, 6.45) is 0. The maximum atomic E-state index is 12.6. The fraction of sp³-hybridized carbons (Fsp3) is 0.357. The van der Waals surface area contributed by atoms with Crippen LogP contribution in [-0.2, 0) is 10.0 Å². The number of hydrogen-bond acceptors (Lipinski definition) is 5. The Bertz CT molecular complexity index is 743. The van der Waals surface area contributed by atoms with Crippen molar-refractivity contribution in [3.63, 3.8) is 0 Å². The van der Waals surface area contributed by atoms with Crippen LogP contribution in [0.25, 0.3) is 0 Å². The van der Waals surface area contributed by atoms with Gasteiger partial charge in [-0.2, -0.15) is 0 Å². The molecule has 1 heterocycles. The summed E-state index contributed by atoms with van der Waals surface area (Å²) in [5.74, 6) is 0. The number of benzene rings is 1. The summed E-state index contributed by atoms with van der Waals surface area (Å²) in [5.41, 5.74) is 8.48. The zero-order valence-electron chi connectivity index (χ0n) is 12.5. The molecule has 0 spiro atoms. The lowest BCUT2D eigenvalue weighted by Gasteiger charge is -2.16. The standard InChI is InChI=1S/C14H19N3O2S2/c1-8-5-12(15)6-9(2)13(8)21(18,19)17-11(4)14-16-10(3)7-20-14/h5-7,11,17H,15H2,1-4H3. The summed E-state index contributed by atoms with van der Waals surface area (Å²) in [5, 5.41) is 2.65. The van der Waals surface area contributed by atoms with Gasteiger partial charge in [-0.15, -0.1) is 11.3 Å². The fourth-order valence-electron chi connectivity index (χ4n) is 2.32. The van der Waals surface area contributed by atoms with E-state index in [1.54, 1.807) is 32.9 Å². The summed E-state index contributed by atoms with van der Waals surface area (Å²) >= 11 is 1.45. The van der Waals surface area contributed by atoms with E-state index >= 15 is 0 Å². The number of thiazole rings is 1. The third-order valence-corrected chi connectivity index (χ3v) is 6.08. The Morgan fingerprint density at radius 3 is 2.29 bits per heavy atom. The molecule has 2 aromatic rings. The van der Waals surface area contributed by atoms with Gasteiger partial charge in [-0.1, -0.05) is 0 Å². The summed E-state index contributed by atoms with van der Waals surface area (Å²) in [6.45, 7) is 7.17. The van der Waals surface area contributed by atoms with Crippen molar-refractivity contribution in [2.24, 2.45) is 0 Å². The van der Waals surface area contributed by atoms with Crippen LogP contribution in [0.5, 0.6) is 0 Å². The van der Waals surface area contributed by atoms with E-state index in [4.69, 9.17) is 5.73 Å². The lowest BCUT2D eigenvalue weighted by molar-refractivity contribution is 0.565. The summed E-state index contributed by atoms with van der Waals surface area (Å²) in [4.78, 5) is 4.61. The Kier molecular flexibility index (Phi) is 4.36. The van der Waals surface area contributed by atoms with Crippen LogP contribution in [0.4, 0.5) is 5.69 Å². The number of nitrogens with two attached hydrogens (primary N) is 1. The van der Waals surface area contributed by atoms with Crippen molar-refractivity contribution in [1.82, 2.24) is 9.71 Å². The number of nitrogens with zero attached hydrogens (tertiary/aromatic N) is 1. The Balaban J connectivity index is 2.35. The van der Waals surface area contributed by atoms with Gasteiger partial charge in [0, 0.05) is 16.8 Å². The number of rotatable bonds is 4.